The van der Waals surface area contributed by atoms with Crippen LogP contribution in [0.3, 0.4) is 0 Å². The Morgan fingerprint density at radius 3 is 2.52 bits per heavy atom. The number of carbonyl (C=O) groups excluding carboxylic acids is 1. The van der Waals surface area contributed by atoms with Crippen LogP contribution >= 0.6 is 0 Å². The van der Waals surface area contributed by atoms with Gasteiger partial charge in [0.15, 0.2) is 0 Å². The van der Waals surface area contributed by atoms with E-state index in [1.165, 1.54) is 0 Å². The molecular weight excluding hydrogens is 288 g/mol. The minimum atomic E-state index is -0.483. The Hall–Kier alpha value is -2.36. The van der Waals surface area contributed by atoms with Gasteiger partial charge >= 0.3 is 6.09 Å². The lowest BCUT2D eigenvalue weighted by molar-refractivity contribution is -0.00640. The van der Waals surface area contributed by atoms with E-state index in [9.17, 15) is 4.79 Å². The number of nitrogens with zero attached hydrogens (tertiary/aromatic N) is 2. The average molecular weight is 310 g/mol. The molecule has 0 aliphatic carbocycles. The summed E-state index contributed by atoms with van der Waals surface area (Å²) in [4.78, 5) is 18.7. The van der Waals surface area contributed by atoms with Crippen LogP contribution in [0.15, 0.2) is 48.7 Å². The largest absolute Gasteiger partial charge is 0.444 e. The third-order valence-electron chi connectivity index (χ3n) is 3.89. The highest BCUT2D eigenvalue weighted by molar-refractivity contribution is 5.72. The first-order valence-corrected chi connectivity index (χ1v) is 7.96. The van der Waals surface area contributed by atoms with Crippen LogP contribution in [-0.4, -0.2) is 28.1 Å². The van der Waals surface area contributed by atoms with E-state index in [2.05, 4.69) is 23.2 Å². The van der Waals surface area contributed by atoms with Crippen molar-refractivity contribution in [3.05, 3.63) is 54.4 Å². The number of hydrogen-bond acceptors (Lipinski definition) is 3. The second-order valence-corrected chi connectivity index (χ2v) is 6.78. The Morgan fingerprint density at radius 2 is 1.91 bits per heavy atom. The third-order valence-corrected chi connectivity index (χ3v) is 3.89. The van der Waals surface area contributed by atoms with Crippen molar-refractivity contribution in [2.45, 2.75) is 38.8 Å². The predicted octanol–water partition coefficient (Wildman–Crippen LogP) is 4.43. The van der Waals surface area contributed by atoms with Crippen molar-refractivity contribution >= 4 is 6.09 Å². The molecule has 4 nitrogen and oxygen atoms in total. The van der Waals surface area contributed by atoms with E-state index in [0.29, 0.717) is 6.54 Å². The molecule has 0 saturated carbocycles. The van der Waals surface area contributed by atoms with Crippen LogP contribution in [0, 0.1) is 0 Å². The summed E-state index contributed by atoms with van der Waals surface area (Å²) in [6.45, 7) is 6.37. The number of carbonyl (C=O) groups is 1. The molecule has 23 heavy (non-hydrogen) atoms. The molecule has 120 valence electrons. The summed E-state index contributed by atoms with van der Waals surface area (Å²) in [5.41, 5.74) is 2.65. The summed E-state index contributed by atoms with van der Waals surface area (Å²) in [6.07, 6.45) is 2.43. The van der Waals surface area contributed by atoms with Crippen molar-refractivity contribution in [1.82, 2.24) is 9.88 Å². The first kappa shape index (κ1) is 15.5. The van der Waals surface area contributed by atoms with Crippen LogP contribution in [0.4, 0.5) is 4.79 Å². The normalized spacial score (nSPS) is 17.5. The minimum Gasteiger partial charge on any atom is -0.444 e. The maximum Gasteiger partial charge on any atom is 0.410 e. The first-order chi connectivity index (χ1) is 11.0. The zero-order chi connectivity index (χ0) is 16.4. The van der Waals surface area contributed by atoms with Gasteiger partial charge in [-0.15, -0.1) is 0 Å². The molecule has 2 aromatic rings. The summed E-state index contributed by atoms with van der Waals surface area (Å²) < 4.78 is 5.50. The number of rotatable bonds is 2. The van der Waals surface area contributed by atoms with Gasteiger partial charge in [-0.3, -0.25) is 9.88 Å². The molecule has 0 radical (unpaired) electrons. The fourth-order valence-corrected chi connectivity index (χ4v) is 2.76. The molecule has 1 aliphatic rings. The van der Waals surface area contributed by atoms with Crippen molar-refractivity contribution in [3.63, 3.8) is 0 Å². The Labute approximate surface area is 137 Å². The van der Waals surface area contributed by atoms with E-state index >= 15 is 0 Å². The Morgan fingerprint density at radius 1 is 1.17 bits per heavy atom. The zero-order valence-corrected chi connectivity index (χ0v) is 13.8. The monoisotopic (exact) mass is 310 g/mol. The van der Waals surface area contributed by atoms with Gasteiger partial charge in [-0.1, -0.05) is 36.4 Å². The van der Waals surface area contributed by atoms with Crippen LogP contribution in [0.2, 0.25) is 0 Å². The molecule has 1 amide bonds. The third kappa shape index (κ3) is 3.36. The van der Waals surface area contributed by atoms with Gasteiger partial charge in [0.25, 0.3) is 0 Å². The number of hydrogen-bond donors (Lipinski definition) is 0. The van der Waals surface area contributed by atoms with Crippen LogP contribution in [0.25, 0.3) is 11.1 Å². The maximum atomic E-state index is 12.3. The fraction of sp³-hybridized carbons (Fsp3) is 0.368. The van der Waals surface area contributed by atoms with Crippen molar-refractivity contribution in [2.24, 2.45) is 0 Å². The lowest BCUT2D eigenvalue weighted by Gasteiger charge is -2.41. The quantitative estimate of drug-likeness (QED) is 0.824. The molecule has 4 heteroatoms. The molecule has 1 fully saturated rings. The van der Waals surface area contributed by atoms with Crippen molar-refractivity contribution < 1.29 is 9.53 Å². The highest BCUT2D eigenvalue weighted by atomic mass is 16.6. The van der Waals surface area contributed by atoms with Gasteiger partial charge in [-0.25, -0.2) is 4.79 Å². The zero-order valence-electron chi connectivity index (χ0n) is 13.8. The Kier molecular flexibility index (Phi) is 4.07. The van der Waals surface area contributed by atoms with Gasteiger partial charge in [0.2, 0.25) is 0 Å². The van der Waals surface area contributed by atoms with Crippen molar-refractivity contribution in [3.8, 4) is 11.1 Å². The Balaban J connectivity index is 1.87. The Bertz CT molecular complexity index is 692. The molecule has 1 aliphatic heterocycles. The van der Waals surface area contributed by atoms with Crippen LogP contribution in [-0.2, 0) is 4.74 Å². The van der Waals surface area contributed by atoms with Crippen LogP contribution < -0.4 is 0 Å². The number of pyridine rings is 1. The molecule has 1 saturated heterocycles. The number of aromatic nitrogens is 1. The van der Waals surface area contributed by atoms with Crippen molar-refractivity contribution in [2.75, 3.05) is 6.54 Å². The lowest BCUT2D eigenvalue weighted by Crippen LogP contribution is -2.47. The molecule has 3 rings (SSSR count). The van der Waals surface area contributed by atoms with E-state index in [1.54, 1.807) is 11.1 Å². The van der Waals surface area contributed by atoms with Gasteiger partial charge in [0, 0.05) is 18.3 Å². The SMILES string of the molecule is CC(C)(C)OC(=O)N1CCC1c1ncccc1-c1ccccc1. The minimum absolute atomic E-state index is 0.0127. The fourth-order valence-electron chi connectivity index (χ4n) is 2.76. The van der Waals surface area contributed by atoms with E-state index in [-0.39, 0.29) is 12.1 Å². The lowest BCUT2D eigenvalue weighted by atomic mass is 9.93. The molecule has 1 unspecified atom stereocenters. The average Bonchev–Trinajstić information content (AvgIpc) is 2.45. The molecule has 1 aromatic carbocycles. The second kappa shape index (κ2) is 6.03. The highest BCUT2D eigenvalue weighted by Crippen LogP contribution is 2.38. The molecule has 0 N–H and O–H groups in total. The smallest absolute Gasteiger partial charge is 0.410 e. The molecular formula is C19H22N2O2. The first-order valence-electron chi connectivity index (χ1n) is 7.96. The van der Waals surface area contributed by atoms with E-state index in [1.807, 2.05) is 45.0 Å². The molecule has 0 spiro atoms. The highest BCUT2D eigenvalue weighted by Gasteiger charge is 2.38. The van der Waals surface area contributed by atoms with Gasteiger partial charge in [-0.05, 0) is 38.8 Å². The predicted molar refractivity (Wildman–Crippen MR) is 90.0 cm³/mol. The summed E-state index contributed by atoms with van der Waals surface area (Å²) >= 11 is 0. The van der Waals surface area contributed by atoms with E-state index < -0.39 is 5.60 Å². The number of likely N-dealkylation sites (tertiary alicyclic amines) is 1. The van der Waals surface area contributed by atoms with E-state index in [4.69, 9.17) is 4.74 Å². The second-order valence-electron chi connectivity index (χ2n) is 6.78. The molecule has 0 bridgehead atoms. The van der Waals surface area contributed by atoms with Crippen LogP contribution in [0.1, 0.15) is 38.9 Å². The van der Waals surface area contributed by atoms with Crippen molar-refractivity contribution in [1.29, 1.82) is 0 Å². The van der Waals surface area contributed by atoms with Gasteiger partial charge in [-0.2, -0.15) is 0 Å². The standard InChI is InChI=1S/C19H22N2O2/c1-19(2,3)23-18(22)21-13-11-16(21)17-15(10-7-12-20-17)14-8-5-4-6-9-14/h4-10,12,16H,11,13H2,1-3H3. The summed E-state index contributed by atoms with van der Waals surface area (Å²) in [6, 6.07) is 14.1. The molecule has 1 aromatic heterocycles. The molecule has 2 heterocycles. The van der Waals surface area contributed by atoms with Gasteiger partial charge in [0.1, 0.15) is 5.60 Å². The number of ether oxygens (including phenoxy) is 1. The summed E-state index contributed by atoms with van der Waals surface area (Å²) in [5.74, 6) is 0. The number of amides is 1. The summed E-state index contributed by atoms with van der Waals surface area (Å²) in [5, 5.41) is 0. The van der Waals surface area contributed by atoms with E-state index in [0.717, 1.165) is 23.2 Å². The van der Waals surface area contributed by atoms with Gasteiger partial charge in [0.05, 0.1) is 11.7 Å². The van der Waals surface area contributed by atoms with Crippen LogP contribution in [0.5, 0.6) is 0 Å². The maximum absolute atomic E-state index is 12.3. The number of benzene rings is 1. The van der Waals surface area contributed by atoms with Gasteiger partial charge < -0.3 is 4.74 Å². The molecule has 1 atom stereocenters. The topological polar surface area (TPSA) is 42.4 Å². The summed E-state index contributed by atoms with van der Waals surface area (Å²) in [7, 11) is 0.